The molecule has 14 nitrogen and oxygen atoms in total. The van der Waals surface area contributed by atoms with Gasteiger partial charge in [-0.15, -0.1) is 0 Å². The SMILES string of the molecule is CC(C)(C)OC(=O)N1CCN(c2ccc([N+](=O)[O-])cc2C#N)CC1.N#Cc1cc([N+](=O)[O-])ccc1N1CCNCC1. The van der Waals surface area contributed by atoms with E-state index in [1.165, 1.54) is 24.3 Å². The molecule has 0 unspecified atom stereocenters. The Bertz CT molecular complexity index is 1360. The summed E-state index contributed by atoms with van der Waals surface area (Å²) in [7, 11) is 0. The fourth-order valence-electron chi connectivity index (χ4n) is 4.37. The van der Waals surface area contributed by atoms with Gasteiger partial charge < -0.3 is 24.8 Å². The highest BCUT2D eigenvalue weighted by Gasteiger charge is 2.27. The first-order valence-electron chi connectivity index (χ1n) is 13.0. The van der Waals surface area contributed by atoms with Gasteiger partial charge in [0.15, 0.2) is 0 Å². The summed E-state index contributed by atoms with van der Waals surface area (Å²) in [6.07, 6.45) is -0.355. The Hall–Kier alpha value is -4.95. The first-order valence-corrected chi connectivity index (χ1v) is 13.0. The zero-order valence-electron chi connectivity index (χ0n) is 23.2. The summed E-state index contributed by atoms with van der Waals surface area (Å²) in [4.78, 5) is 38.1. The minimum Gasteiger partial charge on any atom is -0.444 e. The van der Waals surface area contributed by atoms with Crippen LogP contribution >= 0.6 is 0 Å². The number of non-ortho nitro benzene ring substituents is 2. The maximum atomic E-state index is 12.1. The molecule has 2 heterocycles. The van der Waals surface area contributed by atoms with Crippen molar-refractivity contribution in [1.82, 2.24) is 10.2 Å². The van der Waals surface area contributed by atoms with Gasteiger partial charge in [-0.1, -0.05) is 0 Å². The normalized spacial score (nSPS) is 15.1. The highest BCUT2D eigenvalue weighted by Crippen LogP contribution is 2.27. The number of nitriles is 2. The van der Waals surface area contributed by atoms with Crippen molar-refractivity contribution in [1.29, 1.82) is 10.5 Å². The Morgan fingerprint density at radius 2 is 1.27 bits per heavy atom. The molecule has 2 aromatic carbocycles. The van der Waals surface area contributed by atoms with Crippen LogP contribution in [0.4, 0.5) is 27.5 Å². The van der Waals surface area contributed by atoms with Crippen LogP contribution < -0.4 is 15.1 Å². The van der Waals surface area contributed by atoms with Crippen LogP contribution in [0.5, 0.6) is 0 Å². The molecular formula is C27H32N8O6. The zero-order chi connectivity index (χ0) is 30.2. The molecule has 14 heteroatoms. The van der Waals surface area contributed by atoms with Crippen molar-refractivity contribution in [3.05, 3.63) is 67.8 Å². The summed E-state index contributed by atoms with van der Waals surface area (Å²) in [5.74, 6) is 0. The number of nitrogens with one attached hydrogen (secondary N) is 1. The van der Waals surface area contributed by atoms with Gasteiger partial charge in [-0.2, -0.15) is 10.5 Å². The molecule has 0 aromatic heterocycles. The van der Waals surface area contributed by atoms with Crippen LogP contribution in [0.25, 0.3) is 0 Å². The Morgan fingerprint density at radius 1 is 0.829 bits per heavy atom. The van der Waals surface area contributed by atoms with E-state index in [2.05, 4.69) is 10.2 Å². The standard InChI is InChI=1S/C16H20N4O4.C11H12N4O2/c1-16(2,3)24-15(21)19-8-6-18(7-9-19)14-5-4-13(20(22)23)10-12(14)11-17;12-8-9-7-10(15(16)17)1-2-11(9)14-5-3-13-4-6-14/h4-5,10H,6-9H2,1-3H3;1-2,7,13H,3-6H2. The van der Waals surface area contributed by atoms with Gasteiger partial charge in [0, 0.05) is 76.6 Å². The Balaban J connectivity index is 0.000000239. The number of nitrogens with zero attached hydrogens (tertiary/aromatic N) is 7. The highest BCUT2D eigenvalue weighted by molar-refractivity contribution is 5.69. The van der Waals surface area contributed by atoms with Crippen LogP contribution in [0.1, 0.15) is 31.9 Å². The maximum Gasteiger partial charge on any atom is 0.410 e. The summed E-state index contributed by atoms with van der Waals surface area (Å²) in [5, 5.41) is 42.9. The van der Waals surface area contributed by atoms with Gasteiger partial charge in [0.2, 0.25) is 0 Å². The minimum absolute atomic E-state index is 0.0413. The van der Waals surface area contributed by atoms with E-state index in [0.29, 0.717) is 37.4 Å². The van der Waals surface area contributed by atoms with Crippen molar-refractivity contribution < 1.29 is 19.4 Å². The summed E-state index contributed by atoms with van der Waals surface area (Å²) < 4.78 is 5.35. The summed E-state index contributed by atoms with van der Waals surface area (Å²) >= 11 is 0. The van der Waals surface area contributed by atoms with E-state index >= 15 is 0 Å². The van der Waals surface area contributed by atoms with E-state index in [1.807, 2.05) is 37.8 Å². The minimum atomic E-state index is -0.541. The van der Waals surface area contributed by atoms with Crippen LogP contribution in [0.3, 0.4) is 0 Å². The molecule has 0 atom stereocenters. The second-order valence-corrected chi connectivity index (χ2v) is 10.3. The molecule has 0 radical (unpaired) electrons. The number of hydrogen-bond donors (Lipinski definition) is 1. The highest BCUT2D eigenvalue weighted by atomic mass is 16.6. The van der Waals surface area contributed by atoms with Gasteiger partial charge in [0.25, 0.3) is 11.4 Å². The third kappa shape index (κ3) is 8.27. The summed E-state index contributed by atoms with van der Waals surface area (Å²) in [6.45, 7) is 10.8. The topological polar surface area (TPSA) is 182 Å². The molecule has 216 valence electrons. The van der Waals surface area contributed by atoms with E-state index in [4.69, 9.17) is 10.00 Å². The van der Waals surface area contributed by atoms with Crippen molar-refractivity contribution in [3.8, 4) is 12.1 Å². The Labute approximate surface area is 237 Å². The number of carbonyl (C=O) groups is 1. The van der Waals surface area contributed by atoms with Crippen LogP contribution in [0, 0.1) is 42.9 Å². The summed E-state index contributed by atoms with van der Waals surface area (Å²) in [6, 6.07) is 12.7. The number of rotatable bonds is 4. The smallest absolute Gasteiger partial charge is 0.410 e. The number of nitro benzene ring substituents is 2. The van der Waals surface area contributed by atoms with Crippen LogP contribution in [0.15, 0.2) is 36.4 Å². The van der Waals surface area contributed by atoms with Crippen molar-refractivity contribution in [2.45, 2.75) is 26.4 Å². The molecule has 41 heavy (non-hydrogen) atoms. The fraction of sp³-hybridized carbons (Fsp3) is 0.444. The van der Waals surface area contributed by atoms with E-state index < -0.39 is 15.4 Å². The number of anilines is 2. The first-order chi connectivity index (χ1) is 19.4. The number of carbonyl (C=O) groups excluding carboxylic acids is 1. The van der Waals surface area contributed by atoms with Gasteiger partial charge in [0.1, 0.15) is 17.7 Å². The van der Waals surface area contributed by atoms with E-state index in [0.717, 1.165) is 31.9 Å². The average molecular weight is 565 g/mol. The molecule has 2 aromatic rings. The van der Waals surface area contributed by atoms with Crippen molar-refractivity contribution in [3.63, 3.8) is 0 Å². The van der Waals surface area contributed by atoms with E-state index in [1.54, 1.807) is 17.0 Å². The largest absolute Gasteiger partial charge is 0.444 e. The van der Waals surface area contributed by atoms with Crippen molar-refractivity contribution in [2.75, 3.05) is 62.2 Å². The van der Waals surface area contributed by atoms with E-state index in [9.17, 15) is 30.3 Å². The Kier molecular flexibility index (Phi) is 10.0. The van der Waals surface area contributed by atoms with Crippen LogP contribution in [0.2, 0.25) is 0 Å². The maximum absolute atomic E-state index is 12.1. The quantitative estimate of drug-likeness (QED) is 0.424. The number of piperazine rings is 2. The number of nitro groups is 2. The van der Waals surface area contributed by atoms with Gasteiger partial charge >= 0.3 is 6.09 Å². The number of hydrogen-bond acceptors (Lipinski definition) is 11. The molecule has 0 aliphatic carbocycles. The molecule has 2 saturated heterocycles. The molecule has 2 aliphatic heterocycles. The predicted octanol–water partition coefficient (Wildman–Crippen LogP) is 3.40. The van der Waals surface area contributed by atoms with Gasteiger partial charge in [0.05, 0.1) is 32.3 Å². The molecule has 1 N–H and O–H groups in total. The predicted molar refractivity (Wildman–Crippen MR) is 151 cm³/mol. The van der Waals surface area contributed by atoms with Crippen molar-refractivity contribution in [2.24, 2.45) is 0 Å². The summed E-state index contributed by atoms with van der Waals surface area (Å²) in [5.41, 5.74) is 1.35. The average Bonchev–Trinajstić information content (AvgIpc) is 2.96. The molecule has 0 spiro atoms. The number of benzene rings is 2. The first kappa shape index (κ1) is 30.6. The van der Waals surface area contributed by atoms with Crippen LogP contribution in [-0.2, 0) is 4.74 Å². The molecule has 0 saturated carbocycles. The van der Waals surface area contributed by atoms with Crippen LogP contribution in [-0.4, -0.2) is 78.8 Å². The van der Waals surface area contributed by atoms with Gasteiger partial charge in [-0.05, 0) is 32.9 Å². The molecule has 0 bridgehead atoms. The lowest BCUT2D eigenvalue weighted by Crippen LogP contribution is -2.50. The molecule has 2 aliphatic rings. The second kappa shape index (κ2) is 13.4. The lowest BCUT2D eigenvalue weighted by molar-refractivity contribution is -0.385. The van der Waals surface area contributed by atoms with Gasteiger partial charge in [-0.25, -0.2) is 4.79 Å². The molecular weight excluding hydrogens is 532 g/mol. The molecule has 2 fully saturated rings. The lowest BCUT2D eigenvalue weighted by Gasteiger charge is -2.37. The third-order valence-electron chi connectivity index (χ3n) is 6.35. The van der Waals surface area contributed by atoms with Crippen molar-refractivity contribution >= 4 is 28.8 Å². The second-order valence-electron chi connectivity index (χ2n) is 10.3. The Morgan fingerprint density at radius 3 is 1.66 bits per heavy atom. The van der Waals surface area contributed by atoms with Gasteiger partial charge in [-0.3, -0.25) is 20.2 Å². The fourth-order valence-corrected chi connectivity index (χ4v) is 4.37. The number of ether oxygens (including phenoxy) is 1. The zero-order valence-corrected chi connectivity index (χ0v) is 23.2. The monoisotopic (exact) mass is 564 g/mol. The lowest BCUT2D eigenvalue weighted by atomic mass is 10.1. The number of amides is 1. The van der Waals surface area contributed by atoms with E-state index in [-0.39, 0.29) is 23.0 Å². The molecule has 4 rings (SSSR count). The third-order valence-corrected chi connectivity index (χ3v) is 6.35. The molecule has 1 amide bonds.